The van der Waals surface area contributed by atoms with Gasteiger partial charge in [0.25, 0.3) is 25.2 Å². The lowest BCUT2D eigenvalue weighted by molar-refractivity contribution is -0.668. The Balaban J connectivity index is 1.33. The zero-order chi connectivity index (χ0) is 38.6. The predicted octanol–water partition coefficient (Wildman–Crippen LogP) is 9.33. The van der Waals surface area contributed by atoms with E-state index in [1.165, 1.54) is 0 Å². The highest BCUT2D eigenvalue weighted by Gasteiger charge is 2.28. The fraction of sp³-hybridized carbons (Fsp3) is 0.214. The van der Waals surface area contributed by atoms with E-state index in [0.29, 0.717) is 13.1 Å². The van der Waals surface area contributed by atoms with Crippen molar-refractivity contribution in [2.24, 2.45) is 0 Å². The van der Waals surface area contributed by atoms with Crippen molar-refractivity contribution in [3.05, 3.63) is 154 Å². The minimum Gasteiger partial charge on any atom is -0.335 e. The molecule has 0 unspecified atom stereocenters. The van der Waals surface area contributed by atoms with Gasteiger partial charge in [-0.3, -0.25) is 9.11 Å². The number of benzene rings is 4. The number of aryl methyl sites for hydroxylation is 2. The van der Waals surface area contributed by atoms with Crippen LogP contribution in [0.1, 0.15) is 36.3 Å². The molecule has 5 aromatic rings. The van der Waals surface area contributed by atoms with Crippen molar-refractivity contribution in [1.82, 2.24) is 0 Å². The van der Waals surface area contributed by atoms with Gasteiger partial charge in [0.15, 0.2) is 6.54 Å². The van der Waals surface area contributed by atoms with Crippen molar-refractivity contribution in [3.8, 4) is 0 Å². The standard InChI is InChI=1S/C42H41N3O6S4/c1-31-18-23-39-37(30-31)44(27-11-29-55(49,50)51)41(53-39)25-22-33-20-19-32(42(33)45(34-12-4-2-5-13-34)35-14-6-3-7-15-35)21-24-40-43(26-10-28-54(46,47)48)36-16-8-9-17-38(36)52-40/h2-9,12-18,21-25,30H,10-11,19-20,26-29H2,1H3,(H-,46,47,48,49,50,51)/p+1. The second kappa shape index (κ2) is 16.7. The Hall–Kier alpha value is -4.50. The summed E-state index contributed by atoms with van der Waals surface area (Å²) in [6.07, 6.45) is 10.7. The van der Waals surface area contributed by atoms with Gasteiger partial charge >= 0.3 is 0 Å². The summed E-state index contributed by atoms with van der Waals surface area (Å²) in [5, 5.41) is 1.96. The molecule has 7 rings (SSSR count). The van der Waals surface area contributed by atoms with Crippen molar-refractivity contribution in [3.63, 3.8) is 0 Å². The van der Waals surface area contributed by atoms with Gasteiger partial charge in [-0.15, -0.1) is 0 Å². The average Bonchev–Trinajstić information content (AvgIpc) is 3.83. The quantitative estimate of drug-likeness (QED) is 0.0836. The predicted molar refractivity (Wildman–Crippen MR) is 225 cm³/mol. The van der Waals surface area contributed by atoms with Crippen molar-refractivity contribution < 1.29 is 30.5 Å². The molecule has 1 aliphatic heterocycles. The topological polar surface area (TPSA) is 119 Å². The highest BCUT2D eigenvalue weighted by atomic mass is 32.2. The molecule has 0 bridgehead atoms. The summed E-state index contributed by atoms with van der Waals surface area (Å²) in [5.74, 6) is -0.619. The van der Waals surface area contributed by atoms with Gasteiger partial charge in [0, 0.05) is 41.4 Å². The molecule has 2 N–H and O–H groups in total. The van der Waals surface area contributed by atoms with Crippen molar-refractivity contribution in [1.29, 1.82) is 0 Å². The van der Waals surface area contributed by atoms with Crippen molar-refractivity contribution in [2.75, 3.05) is 27.9 Å². The molecule has 4 aromatic carbocycles. The first-order chi connectivity index (χ1) is 26.4. The van der Waals surface area contributed by atoms with E-state index in [4.69, 9.17) is 0 Å². The smallest absolute Gasteiger partial charge is 0.265 e. The maximum absolute atomic E-state index is 11.6. The van der Waals surface area contributed by atoms with Gasteiger partial charge in [0.2, 0.25) is 5.52 Å². The van der Waals surface area contributed by atoms with Crippen LogP contribution in [0.3, 0.4) is 0 Å². The van der Waals surface area contributed by atoms with E-state index < -0.39 is 20.2 Å². The molecule has 0 atom stereocenters. The largest absolute Gasteiger partial charge is 0.335 e. The maximum atomic E-state index is 11.6. The normalized spacial score (nSPS) is 16.3. The Bertz CT molecular complexity index is 2510. The number of para-hydroxylation sites is 3. The lowest BCUT2D eigenvalue weighted by Gasteiger charge is -2.28. The maximum Gasteiger partial charge on any atom is 0.265 e. The number of hydrogen-bond acceptors (Lipinski definition) is 8. The van der Waals surface area contributed by atoms with E-state index in [-0.39, 0.29) is 24.3 Å². The molecule has 284 valence electrons. The van der Waals surface area contributed by atoms with Crippen molar-refractivity contribution >= 4 is 76.7 Å². The number of nitrogens with zero attached hydrogens (tertiary/aromatic N) is 3. The van der Waals surface area contributed by atoms with Gasteiger partial charge < -0.3 is 9.80 Å². The van der Waals surface area contributed by atoms with Crippen molar-refractivity contribution in [2.45, 2.75) is 44.0 Å². The van der Waals surface area contributed by atoms with E-state index in [1.807, 2.05) is 61.5 Å². The molecule has 1 aromatic heterocycles. The number of thioether (sulfide) groups is 1. The highest BCUT2D eigenvalue weighted by Crippen LogP contribution is 2.47. The zero-order valence-electron chi connectivity index (χ0n) is 30.3. The lowest BCUT2D eigenvalue weighted by atomic mass is 10.1. The van der Waals surface area contributed by atoms with Gasteiger partial charge in [-0.25, -0.2) is 0 Å². The first-order valence-corrected chi connectivity index (χ1v) is 22.9. The van der Waals surface area contributed by atoms with Crippen LogP contribution in [0.2, 0.25) is 0 Å². The second-order valence-corrected chi connectivity index (χ2v) is 18.7. The SMILES string of the molecule is Cc1ccc2sc(/C=C/C3=C(N(c4ccccc4)c4ccccc4)C(=C/C=C4\Sc5ccccc5N4CCCS(=O)(=O)O)/CC3)[n+](CCCS(=O)(=O)O)c2c1. The number of hydrogen-bond donors (Lipinski definition) is 2. The molecule has 2 heterocycles. The Kier molecular flexibility index (Phi) is 11.8. The molecule has 0 saturated heterocycles. The van der Waals surface area contributed by atoms with E-state index in [0.717, 1.165) is 77.5 Å². The number of aromatic nitrogens is 1. The number of rotatable bonds is 14. The summed E-state index contributed by atoms with van der Waals surface area (Å²) in [4.78, 5) is 5.51. The Morgan fingerprint density at radius 2 is 1.44 bits per heavy atom. The van der Waals surface area contributed by atoms with Crippen LogP contribution >= 0.6 is 23.1 Å². The molecule has 0 radical (unpaired) electrons. The van der Waals surface area contributed by atoms with E-state index in [9.17, 15) is 25.9 Å². The van der Waals surface area contributed by atoms with Crippen LogP contribution in [0.15, 0.2) is 148 Å². The first-order valence-electron chi connectivity index (χ1n) is 18.0. The molecule has 0 amide bonds. The number of fused-ring (bicyclic) bond motifs is 2. The van der Waals surface area contributed by atoms with Crippen LogP contribution in [0.25, 0.3) is 16.3 Å². The molecule has 2 aliphatic rings. The van der Waals surface area contributed by atoms with E-state index in [2.05, 4.69) is 87.2 Å². The minimum atomic E-state index is -4.08. The third-order valence-electron chi connectivity index (χ3n) is 9.47. The third kappa shape index (κ3) is 9.49. The number of anilines is 3. The highest BCUT2D eigenvalue weighted by molar-refractivity contribution is 8.03. The number of thiazole rings is 1. The fourth-order valence-corrected chi connectivity index (χ4v) is 10.2. The summed E-state index contributed by atoms with van der Waals surface area (Å²) in [6, 6.07) is 34.9. The molecular formula is C42H42N3O6S4+. The monoisotopic (exact) mass is 812 g/mol. The fourth-order valence-electron chi connectivity index (χ4n) is 7.01. The molecule has 13 heteroatoms. The summed E-state index contributed by atoms with van der Waals surface area (Å²) >= 11 is 3.29. The summed E-state index contributed by atoms with van der Waals surface area (Å²) in [6.45, 7) is 2.92. The van der Waals surface area contributed by atoms with E-state index in [1.54, 1.807) is 23.1 Å². The molecule has 1 aliphatic carbocycles. The van der Waals surface area contributed by atoms with Gasteiger partial charge in [-0.05, 0) is 97.5 Å². The zero-order valence-corrected chi connectivity index (χ0v) is 33.5. The van der Waals surface area contributed by atoms with Crippen LogP contribution in [0.4, 0.5) is 17.1 Å². The average molecular weight is 813 g/mol. The Morgan fingerprint density at radius 3 is 2.13 bits per heavy atom. The molecule has 9 nitrogen and oxygen atoms in total. The first kappa shape index (κ1) is 38.8. The van der Waals surface area contributed by atoms with Gasteiger partial charge in [0.05, 0.1) is 27.9 Å². The Labute approximate surface area is 331 Å². The molecule has 0 spiro atoms. The van der Waals surface area contributed by atoms with Gasteiger partial charge in [-0.2, -0.15) is 21.4 Å². The van der Waals surface area contributed by atoms with Crippen LogP contribution < -0.4 is 14.4 Å². The molecule has 0 saturated carbocycles. The third-order valence-corrected chi connectivity index (χ3v) is 13.3. The van der Waals surface area contributed by atoms with Gasteiger partial charge in [-0.1, -0.05) is 83.8 Å². The van der Waals surface area contributed by atoms with Gasteiger partial charge in [0.1, 0.15) is 4.70 Å². The number of allylic oxidation sites excluding steroid dienone is 5. The Morgan fingerprint density at radius 1 is 0.782 bits per heavy atom. The van der Waals surface area contributed by atoms with Crippen LogP contribution in [0.5, 0.6) is 0 Å². The minimum absolute atomic E-state index is 0.282. The molecule has 55 heavy (non-hydrogen) atoms. The van der Waals surface area contributed by atoms with Crippen LogP contribution in [-0.2, 0) is 26.8 Å². The lowest BCUT2D eigenvalue weighted by Crippen LogP contribution is -2.36. The summed E-state index contributed by atoms with van der Waals surface area (Å²) in [7, 11) is -8.16. The summed E-state index contributed by atoms with van der Waals surface area (Å²) in [5.41, 5.74) is 8.53. The molecule has 0 fully saturated rings. The van der Waals surface area contributed by atoms with Crippen LogP contribution in [0, 0.1) is 6.92 Å². The second-order valence-electron chi connectivity index (χ2n) is 13.5. The molecular weight excluding hydrogens is 771 g/mol. The summed E-state index contributed by atoms with van der Waals surface area (Å²) < 4.78 is 68.4. The van der Waals surface area contributed by atoms with Crippen LogP contribution in [-0.4, -0.2) is 44.0 Å². The van der Waals surface area contributed by atoms with E-state index >= 15 is 0 Å².